The lowest BCUT2D eigenvalue weighted by Crippen LogP contribution is -2.27. The van der Waals surface area contributed by atoms with Crippen LogP contribution in [-0.4, -0.2) is 17.3 Å². The minimum atomic E-state index is -0.529. The molecule has 0 fully saturated rings. The van der Waals surface area contributed by atoms with Crippen molar-refractivity contribution >= 4 is 11.5 Å². The Kier molecular flexibility index (Phi) is 12.2. The summed E-state index contributed by atoms with van der Waals surface area (Å²) in [6.07, 6.45) is 26.7. The molecule has 1 aliphatic carbocycles. The van der Waals surface area contributed by atoms with Gasteiger partial charge in [0.25, 0.3) is 5.70 Å². The monoisotopic (exact) mass is 532 g/mol. The maximum Gasteiger partial charge on any atom is 0.273 e. The molecule has 1 aliphatic heterocycles. The van der Waals surface area contributed by atoms with Gasteiger partial charge in [-0.15, -0.1) is 0 Å². The quantitative estimate of drug-likeness (QED) is 0.0867. The van der Waals surface area contributed by atoms with Crippen molar-refractivity contribution in [2.75, 3.05) is 11.4 Å². The Morgan fingerprint density at radius 2 is 1.38 bits per heavy atom. The molecule has 0 saturated carbocycles. The van der Waals surface area contributed by atoms with E-state index >= 15 is 0 Å². The van der Waals surface area contributed by atoms with Crippen LogP contribution in [0.4, 0.5) is 5.69 Å². The molecule has 3 rings (SSSR count). The van der Waals surface area contributed by atoms with Crippen molar-refractivity contribution in [1.82, 2.24) is 0 Å². The average Bonchev–Trinajstić information content (AvgIpc) is 3.13. The molecular weight excluding hydrogens is 484 g/mol. The van der Waals surface area contributed by atoms with Crippen LogP contribution in [0.25, 0.3) is 0 Å². The van der Waals surface area contributed by atoms with Gasteiger partial charge in [0, 0.05) is 35.0 Å². The van der Waals surface area contributed by atoms with Crippen LogP contribution >= 0.6 is 0 Å². The van der Waals surface area contributed by atoms with Gasteiger partial charge in [-0.1, -0.05) is 122 Å². The van der Waals surface area contributed by atoms with Gasteiger partial charge in [-0.2, -0.15) is 0 Å². The number of fused-ring (bicyclic) bond motifs is 1. The minimum Gasteiger partial charge on any atom is -0.344 e. The Balaban J connectivity index is 1.48. The molecular formula is C34H48N2O3. The number of hydrogen-bond acceptors (Lipinski definition) is 4. The van der Waals surface area contributed by atoms with E-state index in [2.05, 4.69) is 49.9 Å². The molecule has 0 saturated heterocycles. The SMILES string of the molecule is CCCCCCCCCCCCCCCCN1/C(=C\C=C2\C=CC([N+](=O)[O-])=CC2=O)C(C)(C)c2ccccc21. The Morgan fingerprint density at radius 3 is 1.95 bits per heavy atom. The molecule has 1 aromatic rings. The number of rotatable bonds is 17. The van der Waals surface area contributed by atoms with E-state index in [9.17, 15) is 14.9 Å². The second kappa shape index (κ2) is 15.6. The highest BCUT2D eigenvalue weighted by molar-refractivity contribution is 6.08. The third-order valence-corrected chi connectivity index (χ3v) is 8.16. The first-order chi connectivity index (χ1) is 18.9. The lowest BCUT2D eigenvalue weighted by atomic mass is 9.83. The Hall–Kier alpha value is -2.95. The number of allylic oxidation sites excluding steroid dienone is 7. The Labute approximate surface area is 235 Å². The van der Waals surface area contributed by atoms with E-state index in [1.54, 1.807) is 6.08 Å². The normalized spacial score (nSPS) is 18.2. The van der Waals surface area contributed by atoms with E-state index in [0.717, 1.165) is 24.7 Å². The Bertz CT molecular complexity index is 1090. The maximum atomic E-state index is 12.5. The van der Waals surface area contributed by atoms with Crippen LogP contribution in [-0.2, 0) is 10.2 Å². The topological polar surface area (TPSA) is 63.4 Å². The first-order valence-corrected chi connectivity index (χ1v) is 15.2. The highest BCUT2D eigenvalue weighted by Crippen LogP contribution is 2.47. The summed E-state index contributed by atoms with van der Waals surface area (Å²) in [5, 5.41) is 11.0. The first-order valence-electron chi connectivity index (χ1n) is 15.2. The summed E-state index contributed by atoms with van der Waals surface area (Å²) in [6, 6.07) is 8.56. The lowest BCUT2D eigenvalue weighted by molar-refractivity contribution is -0.419. The van der Waals surface area contributed by atoms with Gasteiger partial charge in [0.15, 0.2) is 5.78 Å². The number of ketones is 1. The second-order valence-electron chi connectivity index (χ2n) is 11.6. The summed E-state index contributed by atoms with van der Waals surface area (Å²) in [6.45, 7) is 7.68. The number of benzene rings is 1. The zero-order valence-electron chi connectivity index (χ0n) is 24.4. The maximum absolute atomic E-state index is 12.5. The number of nitrogens with zero attached hydrogens (tertiary/aromatic N) is 2. The van der Waals surface area contributed by atoms with Gasteiger partial charge in [-0.05, 0) is 36.3 Å². The summed E-state index contributed by atoms with van der Waals surface area (Å²) in [5.74, 6) is -0.326. The van der Waals surface area contributed by atoms with Crippen LogP contribution in [0.2, 0.25) is 0 Å². The van der Waals surface area contributed by atoms with Gasteiger partial charge in [-0.3, -0.25) is 14.9 Å². The van der Waals surface area contributed by atoms with E-state index in [0.29, 0.717) is 5.57 Å². The molecule has 39 heavy (non-hydrogen) atoms. The molecule has 0 aromatic heterocycles. The lowest BCUT2D eigenvalue weighted by Gasteiger charge is -2.27. The number of para-hydroxylation sites is 1. The van der Waals surface area contributed by atoms with Gasteiger partial charge in [0.1, 0.15) is 0 Å². The second-order valence-corrected chi connectivity index (χ2v) is 11.6. The molecule has 0 atom stereocenters. The number of unbranched alkanes of at least 4 members (excludes halogenated alkanes) is 13. The molecule has 0 unspecified atom stereocenters. The van der Waals surface area contributed by atoms with Gasteiger partial charge in [0.2, 0.25) is 0 Å². The van der Waals surface area contributed by atoms with Crippen molar-refractivity contribution in [3.05, 3.63) is 87.3 Å². The summed E-state index contributed by atoms with van der Waals surface area (Å²) in [7, 11) is 0. The van der Waals surface area contributed by atoms with Crippen molar-refractivity contribution in [2.45, 2.75) is 116 Å². The Morgan fingerprint density at radius 1 is 0.821 bits per heavy atom. The zero-order chi connectivity index (χ0) is 28.1. The minimum absolute atomic E-state index is 0.169. The number of hydrogen-bond donors (Lipinski definition) is 0. The molecule has 0 spiro atoms. The number of nitro groups is 1. The molecule has 5 nitrogen and oxygen atoms in total. The number of carbonyl (C=O) groups excluding carboxylic acids is 1. The highest BCUT2D eigenvalue weighted by atomic mass is 16.6. The third kappa shape index (κ3) is 8.78. The molecule has 1 heterocycles. The molecule has 0 bridgehead atoms. The molecule has 212 valence electrons. The zero-order valence-corrected chi connectivity index (χ0v) is 24.4. The molecule has 2 aliphatic rings. The summed E-state index contributed by atoms with van der Waals surface area (Å²) in [5.41, 5.74) is 3.81. The van der Waals surface area contributed by atoms with E-state index in [1.165, 1.54) is 101 Å². The summed E-state index contributed by atoms with van der Waals surface area (Å²) >= 11 is 0. The predicted octanol–water partition coefficient (Wildman–Crippen LogP) is 9.38. The average molecular weight is 533 g/mol. The highest BCUT2D eigenvalue weighted by Gasteiger charge is 2.39. The molecule has 5 heteroatoms. The van der Waals surface area contributed by atoms with E-state index in [4.69, 9.17) is 0 Å². The standard InChI is InChI=1S/C34H48N2O3/c1-4-5-6-7-8-9-10-11-12-13-14-15-16-19-26-35-31-21-18-17-20-30(31)34(2,3)33(35)25-23-28-22-24-29(36(38)39)27-32(28)37/h17-18,20-25,27H,4-16,19,26H2,1-3H3/b28-23-,33-25-. The first kappa shape index (κ1) is 30.6. The molecule has 0 radical (unpaired) electrons. The van der Waals surface area contributed by atoms with E-state index in [1.807, 2.05) is 12.2 Å². The molecule has 1 aromatic carbocycles. The van der Waals surface area contributed by atoms with Crippen molar-refractivity contribution in [1.29, 1.82) is 0 Å². The van der Waals surface area contributed by atoms with Gasteiger partial charge < -0.3 is 4.90 Å². The van der Waals surface area contributed by atoms with Crippen molar-refractivity contribution in [3.63, 3.8) is 0 Å². The smallest absolute Gasteiger partial charge is 0.273 e. The molecule has 0 amide bonds. The van der Waals surface area contributed by atoms with E-state index < -0.39 is 4.92 Å². The van der Waals surface area contributed by atoms with Crippen molar-refractivity contribution < 1.29 is 9.72 Å². The van der Waals surface area contributed by atoms with Crippen molar-refractivity contribution in [2.24, 2.45) is 0 Å². The van der Waals surface area contributed by atoms with Crippen LogP contribution < -0.4 is 4.90 Å². The van der Waals surface area contributed by atoms with Crippen LogP contribution in [0.5, 0.6) is 0 Å². The van der Waals surface area contributed by atoms with Crippen molar-refractivity contribution in [3.8, 4) is 0 Å². The molecule has 0 N–H and O–H groups in total. The van der Waals surface area contributed by atoms with Crippen LogP contribution in [0.3, 0.4) is 0 Å². The predicted molar refractivity (Wildman–Crippen MR) is 163 cm³/mol. The van der Waals surface area contributed by atoms with Crippen LogP contribution in [0.1, 0.15) is 116 Å². The summed E-state index contributed by atoms with van der Waals surface area (Å²) < 4.78 is 0. The fourth-order valence-electron chi connectivity index (χ4n) is 5.79. The number of carbonyl (C=O) groups is 1. The van der Waals surface area contributed by atoms with E-state index in [-0.39, 0.29) is 16.9 Å². The largest absolute Gasteiger partial charge is 0.344 e. The number of anilines is 1. The third-order valence-electron chi connectivity index (χ3n) is 8.16. The van der Waals surface area contributed by atoms with Crippen LogP contribution in [0, 0.1) is 10.1 Å². The fourth-order valence-corrected chi connectivity index (χ4v) is 5.79. The van der Waals surface area contributed by atoms with Crippen LogP contribution in [0.15, 0.2) is 71.6 Å². The summed E-state index contributed by atoms with van der Waals surface area (Å²) in [4.78, 5) is 25.3. The fraction of sp³-hybridized carbons (Fsp3) is 0.559. The van der Waals surface area contributed by atoms with Gasteiger partial charge in [0.05, 0.1) is 11.0 Å². The van der Waals surface area contributed by atoms with Gasteiger partial charge in [-0.25, -0.2) is 0 Å². The van der Waals surface area contributed by atoms with Gasteiger partial charge >= 0.3 is 0 Å².